The van der Waals surface area contributed by atoms with Gasteiger partial charge in [0.15, 0.2) is 17.0 Å². The Morgan fingerprint density at radius 3 is 2.65 bits per heavy atom. The summed E-state index contributed by atoms with van der Waals surface area (Å²) in [5, 5.41) is 15.9. The summed E-state index contributed by atoms with van der Waals surface area (Å²) in [5.41, 5.74) is 1.65. The predicted octanol–water partition coefficient (Wildman–Crippen LogP) is 2.87. The first-order valence-electron chi connectivity index (χ1n) is 6.73. The number of nitrogens with one attached hydrogen (secondary N) is 2. The van der Waals surface area contributed by atoms with Crippen molar-refractivity contribution in [2.24, 2.45) is 0 Å². The summed E-state index contributed by atoms with van der Waals surface area (Å²) in [6.07, 6.45) is 3.11. The molecule has 3 rings (SSSR count). The van der Waals surface area contributed by atoms with Crippen molar-refractivity contribution in [3.63, 3.8) is 0 Å². The van der Waals surface area contributed by atoms with Gasteiger partial charge in [0.1, 0.15) is 0 Å². The van der Waals surface area contributed by atoms with Gasteiger partial charge in [-0.1, -0.05) is 23.2 Å². The fourth-order valence-electron chi connectivity index (χ4n) is 1.92. The highest BCUT2D eigenvalue weighted by Gasteiger charge is 2.10. The standard InChI is InChI=1S/C14H12Cl2N6O/c15-9-2-1-8(7-10(9)16)20-14-21-12-11(17-3-4-18-12)13(22-14)19-5-6-23/h1-4,7,23H,5-6H2,(H2,18,19,20,21,22). The number of anilines is 3. The van der Waals surface area contributed by atoms with E-state index in [2.05, 4.69) is 30.6 Å². The Hall–Kier alpha value is -2.22. The van der Waals surface area contributed by atoms with Crippen LogP contribution in [0.3, 0.4) is 0 Å². The van der Waals surface area contributed by atoms with Crippen LogP contribution in [0.5, 0.6) is 0 Å². The molecule has 3 aromatic rings. The van der Waals surface area contributed by atoms with Crippen molar-refractivity contribution >= 4 is 51.8 Å². The summed E-state index contributed by atoms with van der Waals surface area (Å²) < 4.78 is 0. The summed E-state index contributed by atoms with van der Waals surface area (Å²) in [6.45, 7) is 0.316. The van der Waals surface area contributed by atoms with E-state index in [9.17, 15) is 0 Å². The average Bonchev–Trinajstić information content (AvgIpc) is 2.56. The molecule has 2 aromatic heterocycles. The summed E-state index contributed by atoms with van der Waals surface area (Å²) >= 11 is 11.9. The molecule has 9 heteroatoms. The van der Waals surface area contributed by atoms with Crippen LogP contribution in [0.15, 0.2) is 30.6 Å². The van der Waals surface area contributed by atoms with Gasteiger partial charge in [0.25, 0.3) is 0 Å². The lowest BCUT2D eigenvalue weighted by Gasteiger charge is -2.10. The second-order valence-corrected chi connectivity index (χ2v) is 5.34. The van der Waals surface area contributed by atoms with Gasteiger partial charge in [0.05, 0.1) is 16.7 Å². The van der Waals surface area contributed by atoms with Crippen molar-refractivity contribution in [3.05, 3.63) is 40.6 Å². The van der Waals surface area contributed by atoms with Gasteiger partial charge in [-0.15, -0.1) is 0 Å². The monoisotopic (exact) mass is 350 g/mol. The summed E-state index contributed by atoms with van der Waals surface area (Å²) in [7, 11) is 0. The van der Waals surface area contributed by atoms with Gasteiger partial charge in [-0.3, -0.25) is 0 Å². The van der Waals surface area contributed by atoms with E-state index in [1.165, 1.54) is 0 Å². The van der Waals surface area contributed by atoms with E-state index in [4.69, 9.17) is 28.3 Å². The van der Waals surface area contributed by atoms with E-state index in [-0.39, 0.29) is 6.61 Å². The van der Waals surface area contributed by atoms with E-state index in [0.29, 0.717) is 45.2 Å². The zero-order valence-electron chi connectivity index (χ0n) is 11.8. The topological polar surface area (TPSA) is 95.8 Å². The van der Waals surface area contributed by atoms with Crippen LogP contribution in [0.1, 0.15) is 0 Å². The van der Waals surface area contributed by atoms with Crippen LogP contribution >= 0.6 is 23.2 Å². The molecular weight excluding hydrogens is 339 g/mol. The molecule has 0 saturated carbocycles. The van der Waals surface area contributed by atoms with E-state index in [1.807, 2.05) is 0 Å². The molecule has 0 aliphatic rings. The summed E-state index contributed by atoms with van der Waals surface area (Å²) in [5.74, 6) is 0.816. The third-order valence-corrected chi connectivity index (χ3v) is 3.65. The highest BCUT2D eigenvalue weighted by atomic mass is 35.5. The molecule has 2 heterocycles. The molecule has 23 heavy (non-hydrogen) atoms. The molecule has 0 aliphatic heterocycles. The fourth-order valence-corrected chi connectivity index (χ4v) is 2.22. The van der Waals surface area contributed by atoms with Gasteiger partial charge >= 0.3 is 0 Å². The van der Waals surface area contributed by atoms with Gasteiger partial charge in [0.2, 0.25) is 5.95 Å². The lowest BCUT2D eigenvalue weighted by molar-refractivity contribution is 0.311. The minimum Gasteiger partial charge on any atom is -0.395 e. The number of aliphatic hydroxyl groups is 1. The molecule has 0 atom stereocenters. The van der Waals surface area contributed by atoms with Crippen LogP contribution in [0, 0.1) is 0 Å². The zero-order valence-corrected chi connectivity index (χ0v) is 13.3. The average molecular weight is 351 g/mol. The summed E-state index contributed by atoms with van der Waals surface area (Å²) in [6, 6.07) is 5.12. The number of hydrogen-bond acceptors (Lipinski definition) is 7. The van der Waals surface area contributed by atoms with Crippen molar-refractivity contribution in [1.82, 2.24) is 19.9 Å². The van der Waals surface area contributed by atoms with Crippen molar-refractivity contribution in [3.8, 4) is 0 Å². The Morgan fingerprint density at radius 1 is 1.04 bits per heavy atom. The number of nitrogens with zero attached hydrogens (tertiary/aromatic N) is 4. The highest BCUT2D eigenvalue weighted by Crippen LogP contribution is 2.27. The lowest BCUT2D eigenvalue weighted by Crippen LogP contribution is -2.10. The smallest absolute Gasteiger partial charge is 0.231 e. The minimum atomic E-state index is -0.0265. The molecular formula is C14H12Cl2N6O. The van der Waals surface area contributed by atoms with Crippen molar-refractivity contribution in [2.75, 3.05) is 23.8 Å². The number of hydrogen-bond donors (Lipinski definition) is 3. The Morgan fingerprint density at radius 2 is 1.87 bits per heavy atom. The molecule has 0 spiro atoms. The number of rotatable bonds is 5. The normalized spacial score (nSPS) is 10.7. The highest BCUT2D eigenvalue weighted by molar-refractivity contribution is 6.42. The van der Waals surface area contributed by atoms with Crippen LogP contribution in [-0.2, 0) is 0 Å². The minimum absolute atomic E-state index is 0.0265. The maximum absolute atomic E-state index is 8.98. The largest absolute Gasteiger partial charge is 0.395 e. The van der Waals surface area contributed by atoms with Gasteiger partial charge in [-0.05, 0) is 18.2 Å². The first-order chi connectivity index (χ1) is 11.2. The van der Waals surface area contributed by atoms with Crippen LogP contribution in [0.25, 0.3) is 11.2 Å². The first kappa shape index (κ1) is 15.7. The van der Waals surface area contributed by atoms with Crippen LogP contribution < -0.4 is 10.6 Å². The van der Waals surface area contributed by atoms with E-state index < -0.39 is 0 Å². The number of benzene rings is 1. The van der Waals surface area contributed by atoms with Crippen LogP contribution in [-0.4, -0.2) is 38.2 Å². The first-order valence-corrected chi connectivity index (χ1v) is 7.48. The maximum Gasteiger partial charge on any atom is 0.231 e. The molecule has 0 unspecified atom stereocenters. The molecule has 0 bridgehead atoms. The zero-order chi connectivity index (χ0) is 16.2. The third-order valence-electron chi connectivity index (χ3n) is 2.91. The Balaban J connectivity index is 1.98. The molecule has 1 aromatic carbocycles. The Labute approximate surface area is 141 Å². The second-order valence-electron chi connectivity index (χ2n) is 4.53. The maximum atomic E-state index is 8.98. The Kier molecular flexibility index (Phi) is 4.71. The molecule has 7 nitrogen and oxygen atoms in total. The number of aliphatic hydroxyl groups excluding tert-OH is 1. The molecule has 0 radical (unpaired) electrons. The lowest BCUT2D eigenvalue weighted by atomic mass is 10.3. The van der Waals surface area contributed by atoms with Crippen molar-refractivity contribution in [1.29, 1.82) is 0 Å². The molecule has 0 fully saturated rings. The fraction of sp³-hybridized carbons (Fsp3) is 0.143. The van der Waals surface area contributed by atoms with Crippen LogP contribution in [0.2, 0.25) is 10.0 Å². The van der Waals surface area contributed by atoms with E-state index in [0.717, 1.165) is 0 Å². The van der Waals surface area contributed by atoms with E-state index >= 15 is 0 Å². The van der Waals surface area contributed by atoms with E-state index in [1.54, 1.807) is 30.6 Å². The number of halogens is 2. The molecule has 118 valence electrons. The van der Waals surface area contributed by atoms with Gasteiger partial charge in [-0.25, -0.2) is 9.97 Å². The molecule has 0 amide bonds. The predicted molar refractivity (Wildman–Crippen MR) is 90.4 cm³/mol. The SMILES string of the molecule is OCCNc1nc(Nc2ccc(Cl)c(Cl)c2)nc2nccnc12. The number of aromatic nitrogens is 4. The second kappa shape index (κ2) is 6.91. The Bertz CT molecular complexity index is 845. The third kappa shape index (κ3) is 3.58. The quantitative estimate of drug-likeness (QED) is 0.650. The number of fused-ring (bicyclic) bond motifs is 1. The van der Waals surface area contributed by atoms with Gasteiger partial charge in [0, 0.05) is 24.6 Å². The van der Waals surface area contributed by atoms with Gasteiger partial charge < -0.3 is 15.7 Å². The van der Waals surface area contributed by atoms with Crippen LogP contribution in [0.4, 0.5) is 17.5 Å². The van der Waals surface area contributed by atoms with Gasteiger partial charge in [-0.2, -0.15) is 9.97 Å². The summed E-state index contributed by atoms with van der Waals surface area (Å²) in [4.78, 5) is 17.1. The molecule has 0 aliphatic carbocycles. The van der Waals surface area contributed by atoms with Crippen molar-refractivity contribution < 1.29 is 5.11 Å². The van der Waals surface area contributed by atoms with Crippen molar-refractivity contribution in [2.45, 2.75) is 0 Å². The molecule has 0 saturated heterocycles. The molecule has 3 N–H and O–H groups in total.